The van der Waals surface area contributed by atoms with E-state index in [-0.39, 0.29) is 11.9 Å². The Morgan fingerprint density at radius 2 is 2.16 bits per heavy atom. The zero-order valence-electron chi connectivity index (χ0n) is 11.3. The van der Waals surface area contributed by atoms with Crippen molar-refractivity contribution in [1.29, 1.82) is 0 Å². The van der Waals surface area contributed by atoms with Crippen LogP contribution < -0.4 is 5.73 Å². The fraction of sp³-hybridized carbons (Fsp3) is 0.286. The fourth-order valence-corrected chi connectivity index (χ4v) is 2.78. The minimum absolute atomic E-state index is 0.00704. The lowest BCUT2D eigenvalue weighted by Crippen LogP contribution is -2.30. The second kappa shape index (κ2) is 5.40. The zero-order valence-corrected chi connectivity index (χ0v) is 12.1. The van der Waals surface area contributed by atoms with E-state index in [9.17, 15) is 4.79 Å². The highest BCUT2D eigenvalue weighted by Crippen LogP contribution is 2.27. The molecule has 0 saturated heterocycles. The summed E-state index contributed by atoms with van der Waals surface area (Å²) >= 11 is 1.70. The quantitative estimate of drug-likeness (QED) is 0.937. The van der Waals surface area contributed by atoms with Gasteiger partial charge in [0.1, 0.15) is 0 Å². The smallest absolute Gasteiger partial charge is 0.274 e. The molecule has 0 bridgehead atoms. The number of nitrogen functional groups attached to an aromatic ring is 1. The van der Waals surface area contributed by atoms with Crippen LogP contribution in [-0.4, -0.2) is 22.8 Å². The molecule has 1 atom stereocenters. The first-order valence-electron chi connectivity index (χ1n) is 6.04. The lowest BCUT2D eigenvalue weighted by molar-refractivity contribution is 0.0740. The van der Waals surface area contributed by atoms with Crippen molar-refractivity contribution in [2.75, 3.05) is 12.8 Å². The molecule has 2 N–H and O–H groups in total. The Balaban J connectivity index is 2.22. The third-order valence-electron chi connectivity index (χ3n) is 3.12. The minimum Gasteiger partial charge on any atom is -0.397 e. The number of rotatable bonds is 3. The zero-order chi connectivity index (χ0) is 14.0. The van der Waals surface area contributed by atoms with Gasteiger partial charge in [-0.15, -0.1) is 11.3 Å². The number of hydrogen-bond donors (Lipinski definition) is 1. The minimum atomic E-state index is -0.156. The summed E-state index contributed by atoms with van der Waals surface area (Å²) in [5, 5.41) is 0. The van der Waals surface area contributed by atoms with Crippen molar-refractivity contribution in [3.63, 3.8) is 0 Å². The van der Waals surface area contributed by atoms with Gasteiger partial charge in [-0.3, -0.25) is 4.79 Å². The molecule has 2 aromatic heterocycles. The molecule has 5 heteroatoms. The van der Waals surface area contributed by atoms with Gasteiger partial charge in [0.2, 0.25) is 0 Å². The predicted molar refractivity (Wildman–Crippen MR) is 78.2 cm³/mol. The van der Waals surface area contributed by atoms with Crippen LogP contribution in [0.5, 0.6) is 0 Å². The maximum Gasteiger partial charge on any atom is 0.274 e. The number of pyridine rings is 1. The normalized spacial score (nSPS) is 12.2. The van der Waals surface area contributed by atoms with Crippen molar-refractivity contribution in [1.82, 2.24) is 9.88 Å². The summed E-state index contributed by atoms with van der Waals surface area (Å²) in [5.41, 5.74) is 6.52. The number of thiophene rings is 1. The Bertz CT molecular complexity index is 594. The Labute approximate surface area is 116 Å². The number of nitrogens with two attached hydrogens (primary N) is 1. The van der Waals surface area contributed by atoms with Crippen LogP contribution in [0.25, 0.3) is 0 Å². The number of nitrogens with zero attached hydrogens (tertiary/aromatic N) is 2. The van der Waals surface area contributed by atoms with Gasteiger partial charge in [-0.25, -0.2) is 4.98 Å². The standard InChI is InChI=1S/C14H17N3OS/c1-9-6-7-12(19-9)10(2)17(3)14(18)13-11(15)5-4-8-16-13/h4-8,10H,15H2,1-3H3. The monoisotopic (exact) mass is 275 g/mol. The molecule has 0 spiro atoms. The summed E-state index contributed by atoms with van der Waals surface area (Å²) in [6.45, 7) is 4.06. The molecule has 0 aliphatic heterocycles. The van der Waals surface area contributed by atoms with E-state index in [1.807, 2.05) is 6.92 Å². The van der Waals surface area contributed by atoms with Crippen LogP contribution in [0.15, 0.2) is 30.5 Å². The molecule has 0 fully saturated rings. The predicted octanol–water partition coefficient (Wildman–Crippen LogP) is 2.87. The average Bonchev–Trinajstić information content (AvgIpc) is 2.83. The molecular weight excluding hydrogens is 258 g/mol. The van der Waals surface area contributed by atoms with Gasteiger partial charge in [0.15, 0.2) is 5.69 Å². The number of amides is 1. The maximum atomic E-state index is 12.4. The number of aromatic nitrogens is 1. The van der Waals surface area contributed by atoms with Gasteiger partial charge < -0.3 is 10.6 Å². The van der Waals surface area contributed by atoms with Crippen molar-refractivity contribution in [2.24, 2.45) is 0 Å². The van der Waals surface area contributed by atoms with Crippen LogP contribution in [0.3, 0.4) is 0 Å². The summed E-state index contributed by atoms with van der Waals surface area (Å²) in [6, 6.07) is 7.53. The summed E-state index contributed by atoms with van der Waals surface area (Å²) in [7, 11) is 1.77. The highest BCUT2D eigenvalue weighted by molar-refractivity contribution is 7.12. The summed E-state index contributed by atoms with van der Waals surface area (Å²) in [4.78, 5) is 20.5. The van der Waals surface area contributed by atoms with Crippen molar-refractivity contribution in [2.45, 2.75) is 19.9 Å². The van der Waals surface area contributed by atoms with E-state index >= 15 is 0 Å². The van der Waals surface area contributed by atoms with Gasteiger partial charge in [0, 0.05) is 23.0 Å². The molecule has 0 aliphatic carbocycles. The Hall–Kier alpha value is -1.88. The van der Waals surface area contributed by atoms with Gasteiger partial charge in [0.05, 0.1) is 11.7 Å². The molecule has 0 saturated carbocycles. The molecular formula is C14H17N3OS. The van der Waals surface area contributed by atoms with Crippen molar-refractivity contribution in [3.05, 3.63) is 45.9 Å². The van der Waals surface area contributed by atoms with Crippen molar-refractivity contribution in [3.8, 4) is 0 Å². The van der Waals surface area contributed by atoms with Gasteiger partial charge in [-0.1, -0.05) is 0 Å². The first-order chi connectivity index (χ1) is 9.00. The van der Waals surface area contributed by atoms with Crippen molar-refractivity contribution < 1.29 is 4.79 Å². The van der Waals surface area contributed by atoms with Gasteiger partial charge in [0.25, 0.3) is 5.91 Å². The first kappa shape index (κ1) is 13.5. The van der Waals surface area contributed by atoms with E-state index in [0.29, 0.717) is 11.4 Å². The van der Waals surface area contributed by atoms with E-state index in [2.05, 4.69) is 24.0 Å². The highest BCUT2D eigenvalue weighted by atomic mass is 32.1. The van der Waals surface area contributed by atoms with Gasteiger partial charge in [-0.2, -0.15) is 0 Å². The number of carbonyl (C=O) groups excluding carboxylic acids is 1. The van der Waals surface area contributed by atoms with E-state index in [4.69, 9.17) is 5.73 Å². The Morgan fingerprint density at radius 1 is 1.42 bits per heavy atom. The van der Waals surface area contributed by atoms with Crippen molar-refractivity contribution >= 4 is 22.9 Å². The molecule has 0 radical (unpaired) electrons. The lowest BCUT2D eigenvalue weighted by Gasteiger charge is -2.24. The Kier molecular flexibility index (Phi) is 3.85. The number of hydrogen-bond acceptors (Lipinski definition) is 4. The fourth-order valence-electron chi connectivity index (χ4n) is 1.81. The summed E-state index contributed by atoms with van der Waals surface area (Å²) in [6.07, 6.45) is 1.58. The molecule has 100 valence electrons. The second-order valence-corrected chi connectivity index (χ2v) is 5.80. The lowest BCUT2D eigenvalue weighted by atomic mass is 10.2. The Morgan fingerprint density at radius 3 is 2.74 bits per heavy atom. The van der Waals surface area contributed by atoms with E-state index < -0.39 is 0 Å². The molecule has 2 aromatic rings. The third-order valence-corrected chi connectivity index (χ3v) is 4.29. The third kappa shape index (κ3) is 2.76. The number of anilines is 1. The molecule has 4 nitrogen and oxygen atoms in total. The molecule has 0 aromatic carbocycles. The summed E-state index contributed by atoms with van der Waals surface area (Å²) in [5.74, 6) is -0.156. The van der Waals surface area contributed by atoms with Gasteiger partial charge in [-0.05, 0) is 38.1 Å². The largest absolute Gasteiger partial charge is 0.397 e. The van der Waals surface area contributed by atoms with E-state index in [1.54, 1.807) is 41.6 Å². The number of carbonyl (C=O) groups is 1. The van der Waals surface area contributed by atoms with Crippen LogP contribution in [0.1, 0.15) is 33.2 Å². The molecule has 2 rings (SSSR count). The van der Waals surface area contributed by atoms with E-state index in [1.165, 1.54) is 4.88 Å². The summed E-state index contributed by atoms with van der Waals surface area (Å²) < 4.78 is 0. The molecule has 1 unspecified atom stereocenters. The van der Waals surface area contributed by atoms with Crippen LogP contribution in [-0.2, 0) is 0 Å². The average molecular weight is 275 g/mol. The van der Waals surface area contributed by atoms with Crippen LogP contribution in [0.2, 0.25) is 0 Å². The van der Waals surface area contributed by atoms with Crippen LogP contribution in [0, 0.1) is 6.92 Å². The molecule has 19 heavy (non-hydrogen) atoms. The first-order valence-corrected chi connectivity index (χ1v) is 6.86. The number of aryl methyl sites for hydroxylation is 1. The molecule has 1 amide bonds. The SMILES string of the molecule is Cc1ccc(C(C)N(C)C(=O)c2ncccc2N)s1. The van der Waals surface area contributed by atoms with Gasteiger partial charge >= 0.3 is 0 Å². The molecule has 0 aliphatic rings. The topological polar surface area (TPSA) is 59.2 Å². The molecule has 2 heterocycles. The highest BCUT2D eigenvalue weighted by Gasteiger charge is 2.22. The van der Waals surface area contributed by atoms with Crippen LogP contribution >= 0.6 is 11.3 Å². The van der Waals surface area contributed by atoms with Crippen LogP contribution in [0.4, 0.5) is 5.69 Å². The maximum absolute atomic E-state index is 12.4. The van der Waals surface area contributed by atoms with E-state index in [0.717, 1.165) is 4.88 Å². The second-order valence-electron chi connectivity index (χ2n) is 4.48.